The molecule has 19 heavy (non-hydrogen) atoms. The minimum absolute atomic E-state index is 0.165. The van der Waals surface area contributed by atoms with Crippen LogP contribution in [0.5, 0.6) is 0 Å². The monoisotopic (exact) mass is 257 g/mol. The van der Waals surface area contributed by atoms with Gasteiger partial charge < -0.3 is 0 Å². The first-order valence-electron chi connectivity index (χ1n) is 5.54. The van der Waals surface area contributed by atoms with Crippen LogP contribution >= 0.6 is 0 Å². The Balaban J connectivity index is 2.33. The number of aromatic nitrogens is 2. The predicted molar refractivity (Wildman–Crippen MR) is 67.7 cm³/mol. The number of nitro benzene ring substituents is 1. The van der Waals surface area contributed by atoms with Crippen molar-refractivity contribution in [3.05, 3.63) is 64.7 Å². The topological polar surface area (TPSA) is 61.0 Å². The van der Waals surface area contributed by atoms with Gasteiger partial charge in [-0.1, -0.05) is 18.2 Å². The van der Waals surface area contributed by atoms with Gasteiger partial charge in [-0.25, -0.2) is 4.98 Å². The third-order valence-corrected chi connectivity index (χ3v) is 2.86. The SMILES string of the molecule is O=[N+]([O-])c1c(F)cccc1-n1cnc2ccccc21. The van der Waals surface area contributed by atoms with Crippen LogP contribution in [0.15, 0.2) is 48.8 Å². The van der Waals surface area contributed by atoms with Gasteiger partial charge in [0, 0.05) is 0 Å². The molecule has 1 heterocycles. The number of fused-ring (bicyclic) bond motifs is 1. The summed E-state index contributed by atoms with van der Waals surface area (Å²) in [7, 11) is 0. The molecular weight excluding hydrogens is 249 g/mol. The summed E-state index contributed by atoms with van der Waals surface area (Å²) in [5.74, 6) is -0.861. The van der Waals surface area contributed by atoms with Gasteiger partial charge in [-0.05, 0) is 24.3 Å². The number of benzene rings is 2. The lowest BCUT2D eigenvalue weighted by Gasteiger charge is -2.05. The molecule has 5 nitrogen and oxygen atoms in total. The van der Waals surface area contributed by atoms with Crippen molar-refractivity contribution in [3.8, 4) is 5.69 Å². The summed E-state index contributed by atoms with van der Waals surface area (Å²) in [5, 5.41) is 11.0. The van der Waals surface area contributed by atoms with Crippen LogP contribution in [0.3, 0.4) is 0 Å². The van der Waals surface area contributed by atoms with Crippen LogP contribution < -0.4 is 0 Å². The van der Waals surface area contributed by atoms with Gasteiger partial charge in [0.1, 0.15) is 12.0 Å². The first-order valence-corrected chi connectivity index (χ1v) is 5.54. The lowest BCUT2D eigenvalue weighted by molar-refractivity contribution is -0.387. The van der Waals surface area contributed by atoms with Gasteiger partial charge in [-0.3, -0.25) is 14.7 Å². The molecule has 3 aromatic rings. The van der Waals surface area contributed by atoms with Gasteiger partial charge in [-0.15, -0.1) is 0 Å². The smallest absolute Gasteiger partial charge is 0.292 e. The van der Waals surface area contributed by atoms with Crippen molar-refractivity contribution in [1.29, 1.82) is 0 Å². The Morgan fingerprint density at radius 1 is 1.16 bits per heavy atom. The van der Waals surface area contributed by atoms with Crippen LogP contribution in [0.1, 0.15) is 0 Å². The van der Waals surface area contributed by atoms with Crippen LogP contribution in [-0.4, -0.2) is 14.5 Å². The van der Waals surface area contributed by atoms with Gasteiger partial charge in [0.25, 0.3) is 0 Å². The maximum absolute atomic E-state index is 13.6. The number of rotatable bonds is 2. The Hall–Kier alpha value is -2.76. The fourth-order valence-electron chi connectivity index (χ4n) is 2.03. The summed E-state index contributed by atoms with van der Waals surface area (Å²) in [4.78, 5) is 14.4. The molecule has 6 heteroatoms. The zero-order valence-corrected chi connectivity index (χ0v) is 9.65. The van der Waals surface area contributed by atoms with Crippen molar-refractivity contribution in [2.45, 2.75) is 0 Å². The minimum Gasteiger partial charge on any atom is -0.292 e. The summed E-state index contributed by atoms with van der Waals surface area (Å²) in [5.41, 5.74) is 1.00. The second kappa shape index (κ2) is 4.16. The Morgan fingerprint density at radius 3 is 2.74 bits per heavy atom. The highest BCUT2D eigenvalue weighted by atomic mass is 19.1. The van der Waals surface area contributed by atoms with Crippen molar-refractivity contribution < 1.29 is 9.31 Å². The summed E-state index contributed by atoms with van der Waals surface area (Å²) >= 11 is 0. The predicted octanol–water partition coefficient (Wildman–Crippen LogP) is 3.07. The first kappa shape index (κ1) is 11.3. The standard InChI is InChI=1S/C13H8FN3O2/c14-9-4-3-7-12(13(9)17(18)19)16-8-15-10-5-1-2-6-11(10)16/h1-8H. The van der Waals surface area contributed by atoms with E-state index in [1.54, 1.807) is 18.2 Å². The summed E-state index contributed by atoms with van der Waals surface area (Å²) in [6.45, 7) is 0. The third kappa shape index (κ3) is 1.74. The highest BCUT2D eigenvalue weighted by molar-refractivity contribution is 5.78. The maximum Gasteiger partial charge on any atom is 0.328 e. The van der Waals surface area contributed by atoms with E-state index in [9.17, 15) is 14.5 Å². The van der Waals surface area contributed by atoms with Gasteiger partial charge >= 0.3 is 5.69 Å². The second-order valence-electron chi connectivity index (χ2n) is 3.97. The molecular formula is C13H8FN3O2. The maximum atomic E-state index is 13.6. The van der Waals surface area contributed by atoms with Crippen LogP contribution in [0.25, 0.3) is 16.7 Å². The number of hydrogen-bond donors (Lipinski definition) is 0. The van der Waals surface area contributed by atoms with E-state index in [0.717, 1.165) is 6.07 Å². The van der Waals surface area contributed by atoms with Crippen molar-refractivity contribution >= 4 is 16.7 Å². The molecule has 0 aliphatic heterocycles. The van der Waals surface area contributed by atoms with Gasteiger partial charge in [0.2, 0.25) is 5.82 Å². The van der Waals surface area contributed by atoms with Crippen LogP contribution in [-0.2, 0) is 0 Å². The zero-order valence-electron chi connectivity index (χ0n) is 9.65. The highest BCUT2D eigenvalue weighted by Crippen LogP contribution is 2.28. The lowest BCUT2D eigenvalue weighted by Crippen LogP contribution is -2.01. The number of imidazole rings is 1. The molecule has 0 N–H and O–H groups in total. The van der Waals surface area contributed by atoms with Crippen LogP contribution in [0.2, 0.25) is 0 Å². The number of para-hydroxylation sites is 3. The molecule has 94 valence electrons. The van der Waals surface area contributed by atoms with Gasteiger partial charge in [0.15, 0.2) is 0 Å². The van der Waals surface area contributed by atoms with Gasteiger partial charge in [0.05, 0.1) is 16.0 Å². The fourth-order valence-corrected chi connectivity index (χ4v) is 2.03. The number of nitro groups is 1. The van der Waals surface area contributed by atoms with E-state index in [1.807, 2.05) is 6.07 Å². The van der Waals surface area contributed by atoms with Crippen molar-refractivity contribution in [3.63, 3.8) is 0 Å². The van der Waals surface area contributed by atoms with Gasteiger partial charge in [-0.2, -0.15) is 4.39 Å². The van der Waals surface area contributed by atoms with Crippen LogP contribution in [0, 0.1) is 15.9 Å². The molecule has 0 spiro atoms. The molecule has 0 bridgehead atoms. The van der Waals surface area contributed by atoms with E-state index in [2.05, 4.69) is 4.98 Å². The lowest BCUT2D eigenvalue weighted by atomic mass is 10.2. The molecule has 1 aromatic heterocycles. The molecule has 3 rings (SSSR count). The number of hydrogen-bond acceptors (Lipinski definition) is 3. The van der Waals surface area contributed by atoms with E-state index in [4.69, 9.17) is 0 Å². The second-order valence-corrected chi connectivity index (χ2v) is 3.97. The fraction of sp³-hybridized carbons (Fsp3) is 0. The molecule has 0 saturated carbocycles. The Labute approximate surface area is 107 Å². The molecule has 0 atom stereocenters. The summed E-state index contributed by atoms with van der Waals surface area (Å²) < 4.78 is 15.1. The summed E-state index contributed by atoms with van der Waals surface area (Å²) in [6.07, 6.45) is 1.45. The Kier molecular flexibility index (Phi) is 2.49. The minimum atomic E-state index is -0.861. The van der Waals surface area contributed by atoms with Crippen molar-refractivity contribution in [1.82, 2.24) is 9.55 Å². The molecule has 0 aliphatic rings. The molecule has 2 aromatic carbocycles. The Bertz CT molecular complexity index is 782. The Morgan fingerprint density at radius 2 is 1.95 bits per heavy atom. The summed E-state index contributed by atoms with van der Waals surface area (Å²) in [6, 6.07) is 11.2. The van der Waals surface area contributed by atoms with E-state index < -0.39 is 16.4 Å². The molecule has 0 saturated heterocycles. The largest absolute Gasteiger partial charge is 0.328 e. The van der Waals surface area contributed by atoms with Crippen LogP contribution in [0.4, 0.5) is 10.1 Å². The van der Waals surface area contributed by atoms with E-state index >= 15 is 0 Å². The third-order valence-electron chi connectivity index (χ3n) is 2.86. The zero-order chi connectivity index (χ0) is 13.4. The average molecular weight is 257 g/mol. The van der Waals surface area contributed by atoms with Crippen molar-refractivity contribution in [2.24, 2.45) is 0 Å². The quantitative estimate of drug-likeness (QED) is 0.523. The average Bonchev–Trinajstić information content (AvgIpc) is 2.81. The van der Waals surface area contributed by atoms with E-state index in [1.165, 1.54) is 23.0 Å². The van der Waals surface area contributed by atoms with E-state index in [0.29, 0.717) is 11.0 Å². The molecule has 0 amide bonds. The van der Waals surface area contributed by atoms with E-state index in [-0.39, 0.29) is 5.69 Å². The molecule has 0 aliphatic carbocycles. The normalized spacial score (nSPS) is 10.8. The number of halogens is 1. The molecule has 0 unspecified atom stereocenters. The molecule has 0 radical (unpaired) electrons. The number of nitrogens with zero attached hydrogens (tertiary/aromatic N) is 3. The van der Waals surface area contributed by atoms with Crippen molar-refractivity contribution in [2.75, 3.05) is 0 Å². The first-order chi connectivity index (χ1) is 9.18. The molecule has 0 fully saturated rings. The highest BCUT2D eigenvalue weighted by Gasteiger charge is 2.22.